The molecule has 0 radical (unpaired) electrons. The van der Waals surface area contributed by atoms with Crippen LogP contribution in [0.25, 0.3) is 0 Å². The van der Waals surface area contributed by atoms with Gasteiger partial charge in [0.15, 0.2) is 0 Å². The van der Waals surface area contributed by atoms with Crippen molar-refractivity contribution in [2.45, 2.75) is 51.1 Å². The van der Waals surface area contributed by atoms with Gasteiger partial charge in [0.05, 0.1) is 13.2 Å². The molecule has 0 atom stereocenters. The Balaban J connectivity index is 1.39. The Morgan fingerprint density at radius 1 is 1.04 bits per heavy atom. The standard InChI is InChI=1S/C18H32N4O3/c1-18(2,22-9-11-25-12-10-22)13-19-17(24)21-7-5-14(6-8-21)16(23)20-15-3-4-15/h14-15H,3-13H2,1-2H3,(H,19,24)(H,20,23). The van der Waals surface area contributed by atoms with E-state index in [2.05, 4.69) is 29.4 Å². The molecule has 2 heterocycles. The summed E-state index contributed by atoms with van der Waals surface area (Å²) in [6.45, 7) is 9.59. The lowest BCUT2D eigenvalue weighted by Gasteiger charge is -2.41. The van der Waals surface area contributed by atoms with Crippen molar-refractivity contribution in [1.82, 2.24) is 20.4 Å². The molecule has 0 bridgehead atoms. The Morgan fingerprint density at radius 2 is 1.68 bits per heavy atom. The maximum atomic E-state index is 12.5. The van der Waals surface area contributed by atoms with Crippen molar-refractivity contribution >= 4 is 11.9 Å². The number of urea groups is 1. The number of piperidine rings is 1. The highest BCUT2D eigenvalue weighted by Gasteiger charge is 2.32. The van der Waals surface area contributed by atoms with E-state index in [1.165, 1.54) is 0 Å². The molecule has 3 rings (SSSR count). The third kappa shape index (κ3) is 5.07. The topological polar surface area (TPSA) is 73.9 Å². The van der Waals surface area contributed by atoms with E-state index < -0.39 is 0 Å². The smallest absolute Gasteiger partial charge is 0.317 e. The second-order valence-corrected chi connectivity index (χ2v) is 8.11. The van der Waals surface area contributed by atoms with Crippen molar-refractivity contribution in [3.05, 3.63) is 0 Å². The first-order chi connectivity index (χ1) is 12.0. The molecule has 0 aromatic carbocycles. The number of nitrogens with zero attached hydrogens (tertiary/aromatic N) is 2. The van der Waals surface area contributed by atoms with Gasteiger partial charge in [-0.15, -0.1) is 0 Å². The summed E-state index contributed by atoms with van der Waals surface area (Å²) >= 11 is 0. The fourth-order valence-electron chi connectivity index (χ4n) is 3.58. The molecule has 25 heavy (non-hydrogen) atoms. The van der Waals surface area contributed by atoms with Gasteiger partial charge in [-0.25, -0.2) is 4.79 Å². The number of rotatable bonds is 5. The lowest BCUT2D eigenvalue weighted by Crippen LogP contribution is -2.57. The summed E-state index contributed by atoms with van der Waals surface area (Å²) in [6.07, 6.45) is 3.76. The van der Waals surface area contributed by atoms with E-state index in [0.29, 0.717) is 25.7 Å². The van der Waals surface area contributed by atoms with Crippen LogP contribution in [0, 0.1) is 5.92 Å². The highest BCUT2D eigenvalue weighted by molar-refractivity contribution is 5.80. The van der Waals surface area contributed by atoms with Gasteiger partial charge in [0.1, 0.15) is 0 Å². The summed E-state index contributed by atoms with van der Waals surface area (Å²) in [4.78, 5) is 28.8. The normalized spacial score (nSPS) is 23.4. The number of hydrogen-bond acceptors (Lipinski definition) is 4. The molecule has 7 heteroatoms. The van der Waals surface area contributed by atoms with Crippen molar-refractivity contribution in [3.63, 3.8) is 0 Å². The maximum absolute atomic E-state index is 12.5. The van der Waals surface area contributed by atoms with Crippen molar-refractivity contribution in [2.24, 2.45) is 5.92 Å². The van der Waals surface area contributed by atoms with Gasteiger partial charge in [0.2, 0.25) is 5.91 Å². The van der Waals surface area contributed by atoms with Gasteiger partial charge in [-0.2, -0.15) is 0 Å². The van der Waals surface area contributed by atoms with E-state index in [0.717, 1.165) is 52.0 Å². The molecule has 3 fully saturated rings. The predicted molar refractivity (Wildman–Crippen MR) is 95.3 cm³/mol. The summed E-state index contributed by atoms with van der Waals surface area (Å²) in [5.41, 5.74) is -0.0814. The Bertz CT molecular complexity index is 479. The van der Waals surface area contributed by atoms with E-state index in [1.54, 1.807) is 0 Å². The average Bonchev–Trinajstić information content (AvgIpc) is 3.44. The molecule has 1 aliphatic carbocycles. The number of carbonyl (C=O) groups excluding carboxylic acids is 2. The molecule has 0 unspecified atom stereocenters. The maximum Gasteiger partial charge on any atom is 0.317 e. The monoisotopic (exact) mass is 352 g/mol. The van der Waals surface area contributed by atoms with Crippen LogP contribution in [-0.2, 0) is 9.53 Å². The lowest BCUT2D eigenvalue weighted by molar-refractivity contribution is -0.126. The quantitative estimate of drug-likeness (QED) is 0.767. The average molecular weight is 352 g/mol. The Labute approximate surface area is 150 Å². The van der Waals surface area contributed by atoms with Crippen molar-refractivity contribution < 1.29 is 14.3 Å². The zero-order valence-corrected chi connectivity index (χ0v) is 15.6. The van der Waals surface area contributed by atoms with E-state index in [1.807, 2.05) is 4.90 Å². The Kier molecular flexibility index (Phi) is 5.84. The highest BCUT2D eigenvalue weighted by atomic mass is 16.5. The van der Waals surface area contributed by atoms with Gasteiger partial charge < -0.3 is 20.3 Å². The van der Waals surface area contributed by atoms with Crippen molar-refractivity contribution in [1.29, 1.82) is 0 Å². The molecular weight excluding hydrogens is 320 g/mol. The first kappa shape index (κ1) is 18.5. The van der Waals surface area contributed by atoms with Crippen LogP contribution in [0.15, 0.2) is 0 Å². The largest absolute Gasteiger partial charge is 0.379 e. The Hall–Kier alpha value is -1.34. The fraction of sp³-hybridized carbons (Fsp3) is 0.889. The van der Waals surface area contributed by atoms with Gasteiger partial charge in [-0.05, 0) is 39.5 Å². The summed E-state index contributed by atoms with van der Waals surface area (Å²) in [5.74, 6) is 0.241. The lowest BCUT2D eigenvalue weighted by atomic mass is 9.96. The molecule has 2 aliphatic heterocycles. The van der Waals surface area contributed by atoms with Crippen LogP contribution in [-0.4, -0.2) is 79.3 Å². The van der Waals surface area contributed by atoms with Crippen molar-refractivity contribution in [2.75, 3.05) is 45.9 Å². The van der Waals surface area contributed by atoms with E-state index in [-0.39, 0.29) is 23.4 Å². The molecule has 0 aromatic heterocycles. The second-order valence-electron chi connectivity index (χ2n) is 8.11. The van der Waals surface area contributed by atoms with Gasteiger partial charge in [0.25, 0.3) is 0 Å². The van der Waals surface area contributed by atoms with E-state index >= 15 is 0 Å². The number of morpholine rings is 1. The van der Waals surface area contributed by atoms with Crippen LogP contribution >= 0.6 is 0 Å². The van der Waals surface area contributed by atoms with Crippen LogP contribution in [0.5, 0.6) is 0 Å². The summed E-state index contributed by atoms with van der Waals surface area (Å²) in [5, 5.41) is 6.16. The number of nitrogens with one attached hydrogen (secondary N) is 2. The first-order valence-corrected chi connectivity index (χ1v) is 9.62. The molecule has 3 aliphatic rings. The third-order valence-corrected chi connectivity index (χ3v) is 5.62. The summed E-state index contributed by atoms with van der Waals surface area (Å²) in [6, 6.07) is 0.402. The van der Waals surface area contributed by atoms with Crippen LogP contribution in [0.3, 0.4) is 0 Å². The molecule has 142 valence electrons. The molecule has 0 aromatic rings. The molecule has 3 amide bonds. The number of amides is 3. The van der Waals surface area contributed by atoms with Gasteiger partial charge in [-0.3, -0.25) is 9.69 Å². The fourth-order valence-corrected chi connectivity index (χ4v) is 3.58. The zero-order valence-electron chi connectivity index (χ0n) is 15.6. The van der Waals surface area contributed by atoms with Crippen molar-refractivity contribution in [3.8, 4) is 0 Å². The number of likely N-dealkylation sites (tertiary alicyclic amines) is 1. The molecule has 1 saturated carbocycles. The first-order valence-electron chi connectivity index (χ1n) is 9.62. The summed E-state index contributed by atoms with van der Waals surface area (Å²) in [7, 11) is 0. The van der Waals surface area contributed by atoms with E-state index in [9.17, 15) is 9.59 Å². The molecule has 2 N–H and O–H groups in total. The van der Waals surface area contributed by atoms with Crippen LogP contribution < -0.4 is 10.6 Å². The van der Waals surface area contributed by atoms with Gasteiger partial charge in [0, 0.05) is 50.2 Å². The van der Waals surface area contributed by atoms with Crippen LogP contribution in [0.2, 0.25) is 0 Å². The van der Waals surface area contributed by atoms with Crippen LogP contribution in [0.1, 0.15) is 39.5 Å². The van der Waals surface area contributed by atoms with Gasteiger partial charge >= 0.3 is 6.03 Å². The molecule has 7 nitrogen and oxygen atoms in total. The highest BCUT2D eigenvalue weighted by Crippen LogP contribution is 2.23. The minimum atomic E-state index is -0.0814. The van der Waals surface area contributed by atoms with Gasteiger partial charge in [-0.1, -0.05) is 0 Å². The number of hydrogen-bond donors (Lipinski definition) is 2. The predicted octanol–water partition coefficient (Wildman–Crippen LogP) is 0.797. The molecule has 2 saturated heterocycles. The third-order valence-electron chi connectivity index (χ3n) is 5.62. The zero-order chi connectivity index (χ0) is 17.9. The minimum Gasteiger partial charge on any atom is -0.379 e. The molecule has 0 spiro atoms. The second kappa shape index (κ2) is 7.91. The SMILES string of the molecule is CC(C)(CNC(=O)N1CCC(C(=O)NC2CC2)CC1)N1CCOCC1. The molecular formula is C18H32N4O3. The van der Waals surface area contributed by atoms with Crippen LogP contribution in [0.4, 0.5) is 4.79 Å². The number of ether oxygens (including phenoxy) is 1. The number of carbonyl (C=O) groups is 2. The Morgan fingerprint density at radius 3 is 2.28 bits per heavy atom. The van der Waals surface area contributed by atoms with E-state index in [4.69, 9.17) is 4.74 Å². The minimum absolute atomic E-state index is 0.0117. The summed E-state index contributed by atoms with van der Waals surface area (Å²) < 4.78 is 5.40.